The predicted molar refractivity (Wildman–Crippen MR) is 68.8 cm³/mol. The van der Waals surface area contributed by atoms with E-state index in [0.29, 0.717) is 28.8 Å². The van der Waals surface area contributed by atoms with Crippen LogP contribution < -0.4 is 5.73 Å². The lowest BCUT2D eigenvalue weighted by Crippen LogP contribution is -2.29. The molecule has 1 aromatic heterocycles. The lowest BCUT2D eigenvalue weighted by Gasteiger charge is -2.14. The number of nitrogen functional groups attached to an aromatic ring is 1. The third kappa shape index (κ3) is 2.33. The maximum Gasteiger partial charge on any atom is 0.266 e. The normalized spacial score (nSPS) is 23.6. The van der Waals surface area contributed by atoms with Crippen molar-refractivity contribution in [2.75, 3.05) is 33.0 Å². The topological polar surface area (TPSA) is 77.7 Å². The number of hydrogen-bond acceptors (Lipinski definition) is 6. The molecule has 7 heteroatoms. The molecule has 1 aromatic rings. The number of aromatic nitrogens is 1. The van der Waals surface area contributed by atoms with Gasteiger partial charge < -0.3 is 20.1 Å². The summed E-state index contributed by atoms with van der Waals surface area (Å²) >= 11 is 1.22. The van der Waals surface area contributed by atoms with Crippen molar-refractivity contribution in [1.82, 2.24) is 9.88 Å². The van der Waals surface area contributed by atoms with E-state index in [9.17, 15) is 4.79 Å². The van der Waals surface area contributed by atoms with Crippen LogP contribution in [-0.2, 0) is 9.47 Å². The third-order valence-electron chi connectivity index (χ3n) is 3.12. The van der Waals surface area contributed by atoms with Gasteiger partial charge in [0.15, 0.2) is 5.13 Å². The van der Waals surface area contributed by atoms with Crippen LogP contribution in [-0.4, -0.2) is 55.3 Å². The highest BCUT2D eigenvalue weighted by Gasteiger charge is 2.36. The largest absolute Gasteiger partial charge is 0.377 e. The van der Waals surface area contributed by atoms with Crippen LogP contribution in [0.2, 0.25) is 0 Å². The maximum atomic E-state index is 12.3. The minimum Gasteiger partial charge on any atom is -0.377 e. The molecule has 6 nitrogen and oxygen atoms in total. The summed E-state index contributed by atoms with van der Waals surface area (Å²) in [7, 11) is 3.25. The molecule has 2 rings (SSSR count). The number of thiazole rings is 1. The molecule has 0 spiro atoms. The quantitative estimate of drug-likeness (QED) is 0.867. The molecule has 0 bridgehead atoms. The number of nitrogens with zero attached hydrogens (tertiary/aromatic N) is 2. The number of methoxy groups -OCH3 is 2. The van der Waals surface area contributed by atoms with Crippen LogP contribution in [0.1, 0.15) is 15.4 Å². The van der Waals surface area contributed by atoms with Gasteiger partial charge in [0.2, 0.25) is 0 Å². The molecule has 2 atom stereocenters. The minimum absolute atomic E-state index is 0.0525. The highest BCUT2D eigenvalue weighted by atomic mass is 32.1. The highest BCUT2D eigenvalue weighted by molar-refractivity contribution is 7.17. The van der Waals surface area contributed by atoms with E-state index in [2.05, 4.69) is 4.98 Å². The second-order valence-electron chi connectivity index (χ2n) is 4.23. The molecule has 1 saturated heterocycles. The van der Waals surface area contributed by atoms with Crippen LogP contribution in [0.15, 0.2) is 0 Å². The van der Waals surface area contributed by atoms with Gasteiger partial charge in [-0.2, -0.15) is 0 Å². The Morgan fingerprint density at radius 3 is 2.33 bits per heavy atom. The van der Waals surface area contributed by atoms with Crippen molar-refractivity contribution < 1.29 is 14.3 Å². The van der Waals surface area contributed by atoms with E-state index >= 15 is 0 Å². The summed E-state index contributed by atoms with van der Waals surface area (Å²) in [6.45, 7) is 2.86. The van der Waals surface area contributed by atoms with Crippen LogP contribution in [0, 0.1) is 6.92 Å². The number of carbonyl (C=O) groups excluding carboxylic acids is 1. The SMILES string of the molecule is COC1CN(C(=O)c2sc(N)nc2C)CC1OC. The molecule has 0 aliphatic carbocycles. The molecule has 0 saturated carbocycles. The molecule has 1 aliphatic rings. The Bertz CT molecular complexity index is 437. The number of nitrogens with two attached hydrogens (primary N) is 1. The van der Waals surface area contributed by atoms with Crippen molar-refractivity contribution in [3.8, 4) is 0 Å². The Balaban J connectivity index is 2.14. The zero-order valence-corrected chi connectivity index (χ0v) is 11.5. The number of hydrogen-bond donors (Lipinski definition) is 1. The number of carbonyl (C=O) groups is 1. The number of rotatable bonds is 3. The van der Waals surface area contributed by atoms with Gasteiger partial charge in [0.1, 0.15) is 17.1 Å². The van der Waals surface area contributed by atoms with E-state index in [0.717, 1.165) is 0 Å². The third-order valence-corrected chi connectivity index (χ3v) is 4.09. The van der Waals surface area contributed by atoms with Crippen molar-refractivity contribution in [2.24, 2.45) is 0 Å². The molecule has 100 valence electrons. The Morgan fingerprint density at radius 2 is 1.94 bits per heavy atom. The van der Waals surface area contributed by atoms with Gasteiger partial charge >= 0.3 is 0 Å². The molecule has 1 amide bonds. The van der Waals surface area contributed by atoms with E-state index in [4.69, 9.17) is 15.2 Å². The lowest BCUT2D eigenvalue weighted by molar-refractivity contribution is -0.00461. The second kappa shape index (κ2) is 5.21. The Labute approximate surface area is 110 Å². The van der Waals surface area contributed by atoms with Crippen LogP contribution in [0.5, 0.6) is 0 Å². The van der Waals surface area contributed by atoms with Crippen molar-refractivity contribution in [3.05, 3.63) is 10.6 Å². The first kappa shape index (κ1) is 13.3. The fourth-order valence-electron chi connectivity index (χ4n) is 2.12. The summed E-state index contributed by atoms with van der Waals surface area (Å²) in [5, 5.41) is 0.418. The minimum atomic E-state index is -0.0791. The number of aryl methyl sites for hydroxylation is 1. The fraction of sp³-hybridized carbons (Fsp3) is 0.636. The summed E-state index contributed by atoms with van der Waals surface area (Å²) in [6.07, 6.45) is -0.158. The molecule has 18 heavy (non-hydrogen) atoms. The van der Waals surface area contributed by atoms with Crippen molar-refractivity contribution >= 4 is 22.4 Å². The molecule has 2 N–H and O–H groups in total. The van der Waals surface area contributed by atoms with E-state index in [1.807, 2.05) is 0 Å². The average Bonchev–Trinajstić information content (AvgIpc) is 2.91. The Morgan fingerprint density at radius 1 is 1.39 bits per heavy atom. The number of likely N-dealkylation sites (tertiary alicyclic amines) is 1. The fourth-order valence-corrected chi connectivity index (χ4v) is 2.92. The zero-order valence-electron chi connectivity index (χ0n) is 10.7. The summed E-state index contributed by atoms with van der Waals surface area (Å²) in [6, 6.07) is 0. The van der Waals surface area contributed by atoms with E-state index in [1.165, 1.54) is 11.3 Å². The van der Waals surface area contributed by atoms with Gasteiger partial charge in [-0.25, -0.2) is 4.98 Å². The van der Waals surface area contributed by atoms with Gasteiger partial charge in [-0.1, -0.05) is 11.3 Å². The first-order valence-electron chi connectivity index (χ1n) is 5.64. The summed E-state index contributed by atoms with van der Waals surface area (Å²) in [5.41, 5.74) is 6.29. The van der Waals surface area contributed by atoms with Gasteiger partial charge in [-0.3, -0.25) is 4.79 Å². The van der Waals surface area contributed by atoms with Crippen LogP contribution >= 0.6 is 11.3 Å². The molecule has 1 aliphatic heterocycles. The molecule has 0 radical (unpaired) electrons. The maximum absolute atomic E-state index is 12.3. The summed E-state index contributed by atoms with van der Waals surface area (Å²) in [5.74, 6) is -0.0525. The zero-order chi connectivity index (χ0) is 13.3. The van der Waals surface area contributed by atoms with Crippen LogP contribution in [0.4, 0.5) is 5.13 Å². The molecule has 2 heterocycles. The highest BCUT2D eigenvalue weighted by Crippen LogP contribution is 2.24. The van der Waals surface area contributed by atoms with Crippen molar-refractivity contribution in [3.63, 3.8) is 0 Å². The van der Waals surface area contributed by atoms with E-state index < -0.39 is 0 Å². The number of ether oxygens (including phenoxy) is 2. The summed E-state index contributed by atoms with van der Waals surface area (Å²) < 4.78 is 10.6. The van der Waals surface area contributed by atoms with Crippen LogP contribution in [0.25, 0.3) is 0 Å². The first-order valence-corrected chi connectivity index (χ1v) is 6.46. The second-order valence-corrected chi connectivity index (χ2v) is 5.26. The molecule has 2 unspecified atom stereocenters. The first-order chi connectivity index (χ1) is 8.56. The Hall–Kier alpha value is -1.18. The molecule has 0 aromatic carbocycles. The lowest BCUT2D eigenvalue weighted by atomic mass is 10.3. The molecule has 1 fully saturated rings. The van der Waals surface area contributed by atoms with Gasteiger partial charge in [0, 0.05) is 27.3 Å². The monoisotopic (exact) mass is 271 g/mol. The Kier molecular flexibility index (Phi) is 3.84. The standard InChI is InChI=1S/C11H17N3O3S/c1-6-9(18-11(12)13-6)10(15)14-4-7(16-2)8(5-14)17-3/h7-8H,4-5H2,1-3H3,(H2,12,13). The smallest absolute Gasteiger partial charge is 0.266 e. The van der Waals surface area contributed by atoms with E-state index in [-0.39, 0.29) is 18.1 Å². The van der Waals surface area contributed by atoms with E-state index in [1.54, 1.807) is 26.0 Å². The van der Waals surface area contributed by atoms with Crippen molar-refractivity contribution in [1.29, 1.82) is 0 Å². The number of anilines is 1. The number of amides is 1. The van der Waals surface area contributed by atoms with Crippen molar-refractivity contribution in [2.45, 2.75) is 19.1 Å². The van der Waals surface area contributed by atoms with Crippen LogP contribution in [0.3, 0.4) is 0 Å². The van der Waals surface area contributed by atoms with Gasteiger partial charge in [0.05, 0.1) is 5.69 Å². The van der Waals surface area contributed by atoms with Gasteiger partial charge in [0.25, 0.3) is 5.91 Å². The summed E-state index contributed by atoms with van der Waals surface area (Å²) in [4.78, 5) is 18.7. The van der Waals surface area contributed by atoms with Gasteiger partial charge in [-0.05, 0) is 6.92 Å². The predicted octanol–water partition coefficient (Wildman–Crippen LogP) is 0.520. The van der Waals surface area contributed by atoms with Gasteiger partial charge in [-0.15, -0.1) is 0 Å². The molecular formula is C11H17N3O3S. The molecular weight excluding hydrogens is 254 g/mol. The average molecular weight is 271 g/mol.